The van der Waals surface area contributed by atoms with Gasteiger partial charge in [0.1, 0.15) is 0 Å². The Hall–Kier alpha value is -2.14. The van der Waals surface area contributed by atoms with Crippen LogP contribution in [0.4, 0.5) is 11.6 Å². The largest absolute Gasteiger partial charge is 0.341 e. The van der Waals surface area contributed by atoms with Gasteiger partial charge in [-0.05, 0) is 37.1 Å². The number of amides is 1. The Kier molecular flexibility index (Phi) is 4.53. The van der Waals surface area contributed by atoms with E-state index in [9.17, 15) is 4.79 Å². The first-order valence-electron chi connectivity index (χ1n) is 7.31. The molecular formula is C16H17ClN4O. The molecular weight excluding hydrogens is 300 g/mol. The second kappa shape index (κ2) is 6.75. The zero-order valence-electron chi connectivity index (χ0n) is 12.1. The SMILES string of the molecule is O=C(Nc1cccc(Cl)c1)C1CCN(c2ncccn2)CC1. The summed E-state index contributed by atoms with van der Waals surface area (Å²) in [5, 5.41) is 3.55. The molecule has 0 spiro atoms. The van der Waals surface area contributed by atoms with E-state index in [1.165, 1.54) is 0 Å². The minimum Gasteiger partial charge on any atom is -0.341 e. The minimum absolute atomic E-state index is 0.0129. The zero-order valence-corrected chi connectivity index (χ0v) is 12.8. The second-order valence-electron chi connectivity index (χ2n) is 5.31. The van der Waals surface area contributed by atoms with Crippen LogP contribution in [0.3, 0.4) is 0 Å². The molecule has 1 aliphatic rings. The van der Waals surface area contributed by atoms with Crippen molar-refractivity contribution in [2.24, 2.45) is 5.92 Å². The van der Waals surface area contributed by atoms with Crippen molar-refractivity contribution in [1.82, 2.24) is 9.97 Å². The van der Waals surface area contributed by atoms with Crippen LogP contribution in [0, 0.1) is 5.92 Å². The van der Waals surface area contributed by atoms with E-state index in [1.54, 1.807) is 30.6 Å². The van der Waals surface area contributed by atoms with E-state index in [0.29, 0.717) is 5.02 Å². The van der Waals surface area contributed by atoms with Gasteiger partial charge in [0.25, 0.3) is 0 Å². The Balaban J connectivity index is 1.56. The third kappa shape index (κ3) is 3.54. The number of aromatic nitrogens is 2. The molecule has 1 aromatic heterocycles. The van der Waals surface area contributed by atoms with Crippen molar-refractivity contribution in [3.8, 4) is 0 Å². The lowest BCUT2D eigenvalue weighted by molar-refractivity contribution is -0.120. The molecule has 2 heterocycles. The fourth-order valence-electron chi connectivity index (χ4n) is 2.61. The number of carbonyl (C=O) groups is 1. The summed E-state index contributed by atoms with van der Waals surface area (Å²) in [7, 11) is 0. The van der Waals surface area contributed by atoms with Gasteiger partial charge in [-0.3, -0.25) is 4.79 Å². The highest BCUT2D eigenvalue weighted by molar-refractivity contribution is 6.30. The van der Waals surface area contributed by atoms with E-state index in [4.69, 9.17) is 11.6 Å². The Morgan fingerprint density at radius 2 is 1.91 bits per heavy atom. The lowest BCUT2D eigenvalue weighted by atomic mass is 9.96. The summed E-state index contributed by atoms with van der Waals surface area (Å²) in [6.07, 6.45) is 5.07. The predicted octanol–water partition coefficient (Wildman–Crippen LogP) is 2.99. The first kappa shape index (κ1) is 14.8. The number of hydrogen-bond acceptors (Lipinski definition) is 4. The van der Waals surface area contributed by atoms with E-state index in [1.807, 2.05) is 12.1 Å². The summed E-state index contributed by atoms with van der Waals surface area (Å²) in [4.78, 5) is 22.9. The molecule has 2 aromatic rings. The fraction of sp³-hybridized carbons (Fsp3) is 0.312. The van der Waals surface area contributed by atoms with E-state index in [2.05, 4.69) is 20.2 Å². The lowest BCUT2D eigenvalue weighted by Crippen LogP contribution is -2.39. The van der Waals surface area contributed by atoms with Gasteiger partial charge in [-0.1, -0.05) is 17.7 Å². The first-order valence-corrected chi connectivity index (χ1v) is 7.68. The van der Waals surface area contributed by atoms with Crippen LogP contribution in [0.5, 0.6) is 0 Å². The molecule has 5 nitrogen and oxygen atoms in total. The number of anilines is 2. The summed E-state index contributed by atoms with van der Waals surface area (Å²) in [5.74, 6) is 0.797. The molecule has 0 aliphatic carbocycles. The predicted molar refractivity (Wildman–Crippen MR) is 87.1 cm³/mol. The van der Waals surface area contributed by atoms with Gasteiger partial charge in [-0.15, -0.1) is 0 Å². The molecule has 1 amide bonds. The number of halogens is 1. The molecule has 6 heteroatoms. The van der Waals surface area contributed by atoms with Crippen molar-refractivity contribution >= 4 is 29.1 Å². The van der Waals surface area contributed by atoms with Crippen LogP contribution >= 0.6 is 11.6 Å². The van der Waals surface area contributed by atoms with Crippen LogP contribution < -0.4 is 10.2 Å². The summed E-state index contributed by atoms with van der Waals surface area (Å²) in [5.41, 5.74) is 0.742. The monoisotopic (exact) mass is 316 g/mol. The molecule has 0 saturated carbocycles. The summed E-state index contributed by atoms with van der Waals surface area (Å²) in [6.45, 7) is 1.58. The molecule has 0 bridgehead atoms. The smallest absolute Gasteiger partial charge is 0.227 e. The third-order valence-electron chi connectivity index (χ3n) is 3.79. The highest BCUT2D eigenvalue weighted by Crippen LogP contribution is 2.22. The molecule has 0 atom stereocenters. The highest BCUT2D eigenvalue weighted by Gasteiger charge is 2.26. The molecule has 0 unspecified atom stereocenters. The number of carbonyl (C=O) groups excluding carboxylic acids is 1. The molecule has 1 saturated heterocycles. The summed E-state index contributed by atoms with van der Waals surface area (Å²) in [6, 6.07) is 9.01. The van der Waals surface area contributed by atoms with Gasteiger partial charge in [0.15, 0.2) is 0 Å². The van der Waals surface area contributed by atoms with E-state index >= 15 is 0 Å². The average Bonchev–Trinajstić information content (AvgIpc) is 2.56. The molecule has 1 fully saturated rings. The van der Waals surface area contributed by atoms with E-state index < -0.39 is 0 Å². The molecule has 1 N–H and O–H groups in total. The molecule has 22 heavy (non-hydrogen) atoms. The average molecular weight is 317 g/mol. The normalized spacial score (nSPS) is 15.6. The van der Waals surface area contributed by atoms with Crippen molar-refractivity contribution in [1.29, 1.82) is 0 Å². The van der Waals surface area contributed by atoms with Gasteiger partial charge in [0.05, 0.1) is 0 Å². The third-order valence-corrected chi connectivity index (χ3v) is 4.03. The number of nitrogens with zero attached hydrogens (tertiary/aromatic N) is 3. The molecule has 3 rings (SSSR count). The van der Waals surface area contributed by atoms with Crippen LogP contribution in [-0.2, 0) is 4.79 Å². The lowest BCUT2D eigenvalue weighted by Gasteiger charge is -2.31. The quantitative estimate of drug-likeness (QED) is 0.945. The standard InChI is InChI=1S/C16H17ClN4O/c17-13-3-1-4-14(11-13)20-15(22)12-5-9-21(10-6-12)16-18-7-2-8-19-16/h1-4,7-8,11-12H,5-6,9-10H2,(H,20,22). The number of benzene rings is 1. The van der Waals surface area contributed by atoms with Crippen LogP contribution in [0.1, 0.15) is 12.8 Å². The van der Waals surface area contributed by atoms with Crippen LogP contribution in [0.2, 0.25) is 5.02 Å². The maximum atomic E-state index is 12.3. The maximum absolute atomic E-state index is 12.3. The fourth-order valence-corrected chi connectivity index (χ4v) is 2.80. The van der Waals surface area contributed by atoms with Gasteiger partial charge in [-0.25, -0.2) is 9.97 Å². The molecule has 1 aromatic carbocycles. The van der Waals surface area contributed by atoms with Crippen molar-refractivity contribution in [2.45, 2.75) is 12.8 Å². The van der Waals surface area contributed by atoms with E-state index in [0.717, 1.165) is 37.6 Å². The Morgan fingerprint density at radius 1 is 1.18 bits per heavy atom. The van der Waals surface area contributed by atoms with Gasteiger partial charge in [-0.2, -0.15) is 0 Å². The topological polar surface area (TPSA) is 58.1 Å². The van der Waals surface area contributed by atoms with Gasteiger partial charge < -0.3 is 10.2 Å². The first-order chi connectivity index (χ1) is 10.7. The van der Waals surface area contributed by atoms with Gasteiger partial charge in [0.2, 0.25) is 11.9 Å². The van der Waals surface area contributed by atoms with Gasteiger partial charge >= 0.3 is 0 Å². The minimum atomic E-state index is 0.0129. The molecule has 1 aliphatic heterocycles. The second-order valence-corrected chi connectivity index (χ2v) is 5.75. The highest BCUT2D eigenvalue weighted by atomic mass is 35.5. The summed E-state index contributed by atoms with van der Waals surface area (Å²) >= 11 is 5.93. The Bertz CT molecular complexity index is 642. The molecule has 114 valence electrons. The van der Waals surface area contributed by atoms with Crippen molar-refractivity contribution < 1.29 is 4.79 Å². The van der Waals surface area contributed by atoms with Crippen molar-refractivity contribution in [3.63, 3.8) is 0 Å². The number of piperidine rings is 1. The van der Waals surface area contributed by atoms with E-state index in [-0.39, 0.29) is 11.8 Å². The number of rotatable bonds is 3. The Labute approximate surface area is 134 Å². The van der Waals surface area contributed by atoms with Gasteiger partial charge in [0, 0.05) is 42.1 Å². The van der Waals surface area contributed by atoms with Crippen molar-refractivity contribution in [3.05, 3.63) is 47.7 Å². The maximum Gasteiger partial charge on any atom is 0.227 e. The Morgan fingerprint density at radius 3 is 2.59 bits per heavy atom. The summed E-state index contributed by atoms with van der Waals surface area (Å²) < 4.78 is 0. The zero-order chi connectivity index (χ0) is 15.4. The molecule has 0 radical (unpaired) electrons. The van der Waals surface area contributed by atoms with Crippen molar-refractivity contribution in [2.75, 3.05) is 23.3 Å². The number of nitrogens with one attached hydrogen (secondary N) is 1. The van der Waals surface area contributed by atoms with Crippen LogP contribution in [0.15, 0.2) is 42.7 Å². The van der Waals surface area contributed by atoms with Crippen LogP contribution in [-0.4, -0.2) is 29.0 Å². The van der Waals surface area contributed by atoms with Crippen LogP contribution in [0.25, 0.3) is 0 Å². The number of hydrogen-bond donors (Lipinski definition) is 1.